The lowest BCUT2D eigenvalue weighted by atomic mass is 10.1. The number of amides is 1. The molecular weight excluding hydrogens is 234 g/mol. The van der Waals surface area contributed by atoms with Gasteiger partial charge in [-0.25, -0.2) is 0 Å². The molecule has 0 aliphatic rings. The van der Waals surface area contributed by atoms with Crippen LogP contribution in [0.2, 0.25) is 0 Å². The van der Waals surface area contributed by atoms with Gasteiger partial charge < -0.3 is 14.7 Å². The second-order valence-corrected chi connectivity index (χ2v) is 3.73. The zero-order valence-electron chi connectivity index (χ0n) is 10.5. The predicted octanol–water partition coefficient (Wildman–Crippen LogP) is 1.63. The highest BCUT2D eigenvalue weighted by molar-refractivity contribution is 5.97. The molecule has 0 unspecified atom stereocenters. The highest BCUT2D eigenvalue weighted by Gasteiger charge is 2.18. The van der Waals surface area contributed by atoms with Crippen LogP contribution >= 0.6 is 0 Å². The molecule has 0 aliphatic carbocycles. The number of hydrogen-bond acceptors (Lipinski definition) is 3. The van der Waals surface area contributed by atoms with Gasteiger partial charge in [0.1, 0.15) is 5.75 Å². The minimum Gasteiger partial charge on any atom is -0.496 e. The zero-order chi connectivity index (χ0) is 13.5. The molecule has 0 aromatic heterocycles. The molecule has 0 fully saturated rings. The van der Waals surface area contributed by atoms with E-state index in [4.69, 9.17) is 9.84 Å². The Labute approximate surface area is 106 Å². The first kappa shape index (κ1) is 14.0. The molecule has 0 atom stereocenters. The third kappa shape index (κ3) is 3.48. The van der Waals surface area contributed by atoms with Crippen molar-refractivity contribution in [3.05, 3.63) is 29.8 Å². The first-order valence-corrected chi connectivity index (χ1v) is 5.74. The van der Waals surface area contributed by atoms with Crippen molar-refractivity contribution in [3.8, 4) is 5.75 Å². The lowest BCUT2D eigenvalue weighted by Gasteiger charge is -2.21. The standard InChI is InChI=1S/C13H17NO4/c1-3-14(9-8-12(15)16)13(17)10-6-4-5-7-11(10)18-2/h4-7H,3,8-9H2,1-2H3,(H,15,16). The Hall–Kier alpha value is -2.04. The molecular formula is C13H17NO4. The summed E-state index contributed by atoms with van der Waals surface area (Å²) < 4.78 is 5.12. The van der Waals surface area contributed by atoms with E-state index >= 15 is 0 Å². The van der Waals surface area contributed by atoms with E-state index < -0.39 is 5.97 Å². The summed E-state index contributed by atoms with van der Waals surface area (Å²) >= 11 is 0. The molecule has 18 heavy (non-hydrogen) atoms. The summed E-state index contributed by atoms with van der Waals surface area (Å²) in [5.41, 5.74) is 0.451. The number of carboxylic acids is 1. The van der Waals surface area contributed by atoms with Gasteiger partial charge in [-0.2, -0.15) is 0 Å². The molecule has 1 N–H and O–H groups in total. The molecule has 1 aromatic carbocycles. The summed E-state index contributed by atoms with van der Waals surface area (Å²) in [5, 5.41) is 8.65. The Kier molecular flexibility index (Phi) is 5.17. The Balaban J connectivity index is 2.86. The first-order valence-electron chi connectivity index (χ1n) is 5.74. The molecule has 98 valence electrons. The molecule has 0 heterocycles. The van der Waals surface area contributed by atoms with Crippen molar-refractivity contribution in [2.45, 2.75) is 13.3 Å². The van der Waals surface area contributed by atoms with Gasteiger partial charge >= 0.3 is 5.97 Å². The van der Waals surface area contributed by atoms with Crippen LogP contribution in [0.1, 0.15) is 23.7 Å². The number of carbonyl (C=O) groups is 2. The normalized spacial score (nSPS) is 9.89. The summed E-state index contributed by atoms with van der Waals surface area (Å²) in [5.74, 6) is -0.631. The topological polar surface area (TPSA) is 66.8 Å². The highest BCUT2D eigenvalue weighted by atomic mass is 16.5. The minimum absolute atomic E-state index is 0.0608. The fourth-order valence-corrected chi connectivity index (χ4v) is 1.63. The lowest BCUT2D eigenvalue weighted by molar-refractivity contribution is -0.137. The van der Waals surface area contributed by atoms with Crippen molar-refractivity contribution in [1.29, 1.82) is 0 Å². The number of nitrogens with zero attached hydrogens (tertiary/aromatic N) is 1. The van der Waals surface area contributed by atoms with Crippen molar-refractivity contribution < 1.29 is 19.4 Å². The van der Waals surface area contributed by atoms with E-state index in [9.17, 15) is 9.59 Å². The van der Waals surface area contributed by atoms with E-state index in [2.05, 4.69) is 0 Å². The zero-order valence-corrected chi connectivity index (χ0v) is 10.5. The first-order chi connectivity index (χ1) is 8.60. The second kappa shape index (κ2) is 6.64. The molecule has 1 aromatic rings. The van der Waals surface area contributed by atoms with Gasteiger partial charge in [0.05, 0.1) is 19.1 Å². The lowest BCUT2D eigenvalue weighted by Crippen LogP contribution is -2.33. The maximum atomic E-state index is 12.2. The van der Waals surface area contributed by atoms with Gasteiger partial charge in [-0.05, 0) is 19.1 Å². The number of aliphatic carboxylic acids is 1. The van der Waals surface area contributed by atoms with E-state index in [0.717, 1.165) is 0 Å². The van der Waals surface area contributed by atoms with Gasteiger partial charge in [-0.15, -0.1) is 0 Å². The maximum absolute atomic E-state index is 12.2. The summed E-state index contributed by atoms with van der Waals surface area (Å²) in [6.07, 6.45) is -0.0608. The van der Waals surface area contributed by atoms with Crippen molar-refractivity contribution in [3.63, 3.8) is 0 Å². The summed E-state index contributed by atoms with van der Waals surface area (Å²) in [7, 11) is 1.50. The Bertz CT molecular complexity index is 431. The Morgan fingerprint density at radius 3 is 2.56 bits per heavy atom. The fraction of sp³-hybridized carbons (Fsp3) is 0.385. The Morgan fingerprint density at radius 2 is 2.00 bits per heavy atom. The van der Waals surface area contributed by atoms with Gasteiger partial charge in [0.15, 0.2) is 0 Å². The maximum Gasteiger partial charge on any atom is 0.305 e. The predicted molar refractivity (Wildman–Crippen MR) is 66.8 cm³/mol. The van der Waals surface area contributed by atoms with Gasteiger partial charge in [-0.3, -0.25) is 9.59 Å². The van der Waals surface area contributed by atoms with Crippen LogP contribution in [0.4, 0.5) is 0 Å². The van der Waals surface area contributed by atoms with Gasteiger partial charge in [0, 0.05) is 13.1 Å². The number of carboxylic acid groups (broad SMARTS) is 1. The number of para-hydroxylation sites is 1. The van der Waals surface area contributed by atoms with Gasteiger partial charge in [-0.1, -0.05) is 12.1 Å². The third-order valence-corrected chi connectivity index (χ3v) is 2.60. The monoisotopic (exact) mass is 251 g/mol. The van der Waals surface area contributed by atoms with Crippen LogP contribution in [0, 0.1) is 0 Å². The summed E-state index contributed by atoms with van der Waals surface area (Å²) in [6.45, 7) is 2.47. The van der Waals surface area contributed by atoms with E-state index in [1.165, 1.54) is 12.0 Å². The average molecular weight is 251 g/mol. The van der Waals surface area contributed by atoms with Crippen LogP contribution in [0.3, 0.4) is 0 Å². The van der Waals surface area contributed by atoms with Crippen molar-refractivity contribution in [2.24, 2.45) is 0 Å². The van der Waals surface area contributed by atoms with Crippen molar-refractivity contribution >= 4 is 11.9 Å². The molecule has 5 heteroatoms. The van der Waals surface area contributed by atoms with Crippen LogP contribution in [0.5, 0.6) is 5.75 Å². The number of carbonyl (C=O) groups excluding carboxylic acids is 1. The number of ether oxygens (including phenoxy) is 1. The molecule has 1 rings (SSSR count). The van der Waals surface area contributed by atoms with E-state index in [1.807, 2.05) is 6.92 Å². The summed E-state index contributed by atoms with van der Waals surface area (Å²) in [6, 6.07) is 6.91. The number of methoxy groups -OCH3 is 1. The van der Waals surface area contributed by atoms with Gasteiger partial charge in [0.25, 0.3) is 5.91 Å². The second-order valence-electron chi connectivity index (χ2n) is 3.73. The molecule has 0 aliphatic heterocycles. The highest BCUT2D eigenvalue weighted by Crippen LogP contribution is 2.19. The third-order valence-electron chi connectivity index (χ3n) is 2.60. The van der Waals surface area contributed by atoms with Crippen LogP contribution in [0.25, 0.3) is 0 Å². The van der Waals surface area contributed by atoms with Crippen molar-refractivity contribution in [2.75, 3.05) is 20.2 Å². The van der Waals surface area contributed by atoms with Gasteiger partial charge in [0.2, 0.25) is 0 Å². The van der Waals surface area contributed by atoms with E-state index in [0.29, 0.717) is 17.9 Å². The molecule has 5 nitrogen and oxygen atoms in total. The average Bonchev–Trinajstić information content (AvgIpc) is 2.38. The molecule has 0 saturated carbocycles. The Morgan fingerprint density at radius 1 is 1.33 bits per heavy atom. The molecule has 0 saturated heterocycles. The van der Waals surface area contributed by atoms with E-state index in [-0.39, 0.29) is 18.9 Å². The molecule has 1 amide bonds. The summed E-state index contributed by atoms with van der Waals surface area (Å²) in [4.78, 5) is 24.3. The minimum atomic E-state index is -0.915. The number of benzene rings is 1. The van der Waals surface area contributed by atoms with Crippen molar-refractivity contribution in [1.82, 2.24) is 4.90 Å². The SMILES string of the molecule is CCN(CCC(=O)O)C(=O)c1ccccc1OC. The smallest absolute Gasteiger partial charge is 0.305 e. The van der Waals surface area contributed by atoms with Crippen LogP contribution < -0.4 is 4.74 Å². The number of hydrogen-bond donors (Lipinski definition) is 1. The van der Waals surface area contributed by atoms with E-state index in [1.54, 1.807) is 24.3 Å². The van der Waals surface area contributed by atoms with Crippen LogP contribution in [0.15, 0.2) is 24.3 Å². The molecule has 0 radical (unpaired) electrons. The quantitative estimate of drug-likeness (QED) is 0.834. The van der Waals surface area contributed by atoms with Crippen LogP contribution in [-0.2, 0) is 4.79 Å². The molecule has 0 bridgehead atoms. The fourth-order valence-electron chi connectivity index (χ4n) is 1.63. The largest absolute Gasteiger partial charge is 0.496 e. The molecule has 0 spiro atoms. The van der Waals surface area contributed by atoms with Crippen LogP contribution in [-0.4, -0.2) is 42.1 Å². The number of rotatable bonds is 6.